The fourth-order valence-corrected chi connectivity index (χ4v) is 4.24. The SMILES string of the molecule is CCCCCn1c(=O)c2ccccc2n2c(SCC(=O)Nc3cc(F)cc(F)c3)nnc12. The first-order valence-electron chi connectivity index (χ1n) is 10.2. The number of nitrogens with zero attached hydrogens (tertiary/aromatic N) is 4. The van der Waals surface area contributed by atoms with Gasteiger partial charge in [0.1, 0.15) is 11.6 Å². The summed E-state index contributed by atoms with van der Waals surface area (Å²) in [5.74, 6) is -1.63. The van der Waals surface area contributed by atoms with Gasteiger partial charge in [-0.15, -0.1) is 10.2 Å². The van der Waals surface area contributed by atoms with Crippen LogP contribution in [0.2, 0.25) is 0 Å². The van der Waals surface area contributed by atoms with Gasteiger partial charge in [-0.25, -0.2) is 8.78 Å². The molecule has 0 aliphatic rings. The van der Waals surface area contributed by atoms with Gasteiger partial charge in [0.25, 0.3) is 5.56 Å². The molecule has 0 atom stereocenters. The molecule has 10 heteroatoms. The minimum absolute atomic E-state index is 0.0365. The largest absolute Gasteiger partial charge is 0.325 e. The monoisotopic (exact) mass is 457 g/mol. The molecule has 4 aromatic rings. The number of aryl methyl sites for hydroxylation is 1. The number of fused-ring (bicyclic) bond motifs is 3. The van der Waals surface area contributed by atoms with Crippen LogP contribution in [0.1, 0.15) is 26.2 Å². The quantitative estimate of drug-likeness (QED) is 0.316. The van der Waals surface area contributed by atoms with Crippen molar-refractivity contribution < 1.29 is 13.6 Å². The molecule has 2 aromatic heterocycles. The van der Waals surface area contributed by atoms with Gasteiger partial charge in [0.05, 0.1) is 16.7 Å². The summed E-state index contributed by atoms with van der Waals surface area (Å²) >= 11 is 1.12. The Kier molecular flexibility index (Phi) is 6.50. The zero-order valence-electron chi connectivity index (χ0n) is 17.3. The molecular formula is C22H21F2N5O2S. The van der Waals surface area contributed by atoms with Crippen LogP contribution in [0.5, 0.6) is 0 Å². The lowest BCUT2D eigenvalue weighted by Gasteiger charge is -2.11. The Morgan fingerprint density at radius 3 is 2.59 bits per heavy atom. The van der Waals surface area contributed by atoms with E-state index in [1.165, 1.54) is 0 Å². The molecule has 0 saturated carbocycles. The maximum absolute atomic E-state index is 13.3. The van der Waals surface area contributed by atoms with Crippen molar-refractivity contribution in [2.24, 2.45) is 0 Å². The van der Waals surface area contributed by atoms with E-state index in [1.54, 1.807) is 21.1 Å². The molecule has 0 aliphatic carbocycles. The van der Waals surface area contributed by atoms with E-state index in [0.717, 1.165) is 49.2 Å². The molecule has 0 unspecified atom stereocenters. The van der Waals surface area contributed by atoms with Crippen LogP contribution < -0.4 is 10.9 Å². The highest BCUT2D eigenvalue weighted by atomic mass is 32.2. The highest BCUT2D eigenvalue weighted by molar-refractivity contribution is 7.99. The molecular weight excluding hydrogens is 436 g/mol. The minimum atomic E-state index is -0.774. The average Bonchev–Trinajstić information content (AvgIpc) is 3.18. The lowest BCUT2D eigenvalue weighted by atomic mass is 10.2. The van der Waals surface area contributed by atoms with Crippen molar-refractivity contribution in [2.75, 3.05) is 11.1 Å². The number of thioether (sulfide) groups is 1. The zero-order chi connectivity index (χ0) is 22.7. The molecule has 1 amide bonds. The Balaban J connectivity index is 1.63. The summed E-state index contributed by atoms with van der Waals surface area (Å²) in [5, 5.41) is 11.9. The third-order valence-corrected chi connectivity index (χ3v) is 5.87. The molecule has 0 radical (unpaired) electrons. The average molecular weight is 458 g/mol. The van der Waals surface area contributed by atoms with E-state index in [9.17, 15) is 18.4 Å². The Bertz CT molecular complexity index is 1330. The lowest BCUT2D eigenvalue weighted by molar-refractivity contribution is -0.113. The number of aromatic nitrogens is 4. The summed E-state index contributed by atoms with van der Waals surface area (Å²) in [6.07, 6.45) is 2.85. The molecule has 2 aromatic carbocycles. The molecule has 0 saturated heterocycles. The fourth-order valence-electron chi connectivity index (χ4n) is 3.50. The van der Waals surface area contributed by atoms with E-state index >= 15 is 0 Å². The third kappa shape index (κ3) is 4.50. The van der Waals surface area contributed by atoms with Crippen molar-refractivity contribution in [2.45, 2.75) is 37.9 Å². The van der Waals surface area contributed by atoms with Gasteiger partial charge in [-0.1, -0.05) is 43.7 Å². The number of anilines is 1. The van der Waals surface area contributed by atoms with Crippen molar-refractivity contribution in [3.05, 3.63) is 64.5 Å². The number of amides is 1. The predicted octanol–water partition coefficient (Wildman–Crippen LogP) is 4.24. The van der Waals surface area contributed by atoms with Crippen molar-refractivity contribution in [1.29, 1.82) is 0 Å². The van der Waals surface area contributed by atoms with Crippen LogP contribution in [-0.2, 0) is 11.3 Å². The summed E-state index contributed by atoms with van der Waals surface area (Å²) in [4.78, 5) is 25.4. The van der Waals surface area contributed by atoms with Crippen molar-refractivity contribution in [3.8, 4) is 0 Å². The topological polar surface area (TPSA) is 81.3 Å². The Morgan fingerprint density at radius 1 is 1.09 bits per heavy atom. The maximum Gasteiger partial charge on any atom is 0.262 e. The van der Waals surface area contributed by atoms with Gasteiger partial charge in [0.15, 0.2) is 5.16 Å². The van der Waals surface area contributed by atoms with E-state index in [-0.39, 0.29) is 17.0 Å². The molecule has 0 bridgehead atoms. The van der Waals surface area contributed by atoms with Crippen LogP contribution in [0.25, 0.3) is 16.7 Å². The predicted molar refractivity (Wildman–Crippen MR) is 120 cm³/mol. The number of benzene rings is 2. The van der Waals surface area contributed by atoms with E-state index < -0.39 is 17.5 Å². The smallest absolute Gasteiger partial charge is 0.262 e. The van der Waals surface area contributed by atoms with Crippen molar-refractivity contribution in [3.63, 3.8) is 0 Å². The van der Waals surface area contributed by atoms with Crippen LogP contribution >= 0.6 is 11.8 Å². The van der Waals surface area contributed by atoms with Crippen LogP contribution in [0.4, 0.5) is 14.5 Å². The zero-order valence-corrected chi connectivity index (χ0v) is 18.2. The molecule has 7 nitrogen and oxygen atoms in total. The minimum Gasteiger partial charge on any atom is -0.325 e. The van der Waals surface area contributed by atoms with Crippen molar-refractivity contribution in [1.82, 2.24) is 19.2 Å². The van der Waals surface area contributed by atoms with Crippen LogP contribution in [-0.4, -0.2) is 30.8 Å². The molecule has 4 rings (SSSR count). The van der Waals surface area contributed by atoms with E-state index in [2.05, 4.69) is 22.4 Å². The first kappa shape index (κ1) is 21.9. The van der Waals surface area contributed by atoms with E-state index in [1.807, 2.05) is 12.1 Å². The molecule has 0 fully saturated rings. The number of carbonyl (C=O) groups is 1. The number of unbranched alkanes of at least 4 members (excludes halogenated alkanes) is 2. The summed E-state index contributed by atoms with van der Waals surface area (Å²) in [7, 11) is 0. The summed E-state index contributed by atoms with van der Waals surface area (Å²) in [6.45, 7) is 2.61. The molecule has 1 N–H and O–H groups in total. The molecule has 166 valence electrons. The van der Waals surface area contributed by atoms with E-state index in [4.69, 9.17) is 0 Å². The summed E-state index contributed by atoms with van der Waals surface area (Å²) in [6, 6.07) is 10.0. The highest BCUT2D eigenvalue weighted by Gasteiger charge is 2.17. The van der Waals surface area contributed by atoms with Gasteiger partial charge < -0.3 is 5.32 Å². The molecule has 2 heterocycles. The highest BCUT2D eigenvalue weighted by Crippen LogP contribution is 2.22. The van der Waals surface area contributed by atoms with Crippen molar-refractivity contribution >= 4 is 40.0 Å². The van der Waals surface area contributed by atoms with Crippen LogP contribution in [0.15, 0.2) is 52.4 Å². The summed E-state index contributed by atoms with van der Waals surface area (Å²) in [5.41, 5.74) is 0.563. The number of hydrogen-bond donors (Lipinski definition) is 1. The molecule has 0 aliphatic heterocycles. The van der Waals surface area contributed by atoms with Gasteiger partial charge >= 0.3 is 0 Å². The Labute approximate surface area is 186 Å². The number of nitrogens with one attached hydrogen (secondary N) is 1. The summed E-state index contributed by atoms with van der Waals surface area (Å²) < 4.78 is 30.1. The number of hydrogen-bond acceptors (Lipinski definition) is 5. The Morgan fingerprint density at radius 2 is 1.84 bits per heavy atom. The first-order valence-corrected chi connectivity index (χ1v) is 11.2. The van der Waals surface area contributed by atoms with Gasteiger partial charge in [0, 0.05) is 18.3 Å². The molecule has 0 spiro atoms. The van der Waals surface area contributed by atoms with E-state index in [0.29, 0.717) is 28.4 Å². The Hall–Kier alpha value is -3.27. The number of halogens is 2. The lowest BCUT2D eigenvalue weighted by Crippen LogP contribution is -2.23. The van der Waals surface area contributed by atoms with Crippen LogP contribution in [0.3, 0.4) is 0 Å². The van der Waals surface area contributed by atoms with Gasteiger partial charge in [0.2, 0.25) is 11.7 Å². The normalized spacial score (nSPS) is 11.3. The van der Waals surface area contributed by atoms with Gasteiger partial charge in [-0.05, 0) is 30.7 Å². The number of para-hydroxylation sites is 1. The second-order valence-corrected chi connectivity index (χ2v) is 8.24. The number of rotatable bonds is 8. The first-order chi connectivity index (χ1) is 15.5. The second kappa shape index (κ2) is 9.47. The number of carbonyl (C=O) groups excluding carboxylic acids is 1. The second-order valence-electron chi connectivity index (χ2n) is 7.29. The van der Waals surface area contributed by atoms with Gasteiger partial charge in [-0.3, -0.25) is 18.6 Å². The third-order valence-electron chi connectivity index (χ3n) is 4.94. The standard InChI is InChI=1S/C22H21F2N5O2S/c1-2-3-6-9-28-20(31)17-7-4-5-8-18(17)29-21(28)26-27-22(29)32-13-19(30)25-16-11-14(23)10-15(24)12-16/h4-5,7-8,10-12H,2-3,6,9,13H2,1H3,(H,25,30). The fraction of sp³-hybridized carbons (Fsp3) is 0.273. The van der Waals surface area contributed by atoms with Gasteiger partial charge in [-0.2, -0.15) is 0 Å². The maximum atomic E-state index is 13.3. The van der Waals surface area contributed by atoms with Crippen LogP contribution in [0, 0.1) is 11.6 Å². The molecule has 32 heavy (non-hydrogen) atoms.